The molecule has 4 nitrogen and oxygen atoms in total. The van der Waals surface area contributed by atoms with Crippen molar-refractivity contribution in [1.29, 1.82) is 0 Å². The second-order valence-corrected chi connectivity index (χ2v) is 5.70. The highest BCUT2D eigenvalue weighted by molar-refractivity contribution is 5.80. The molecule has 0 saturated heterocycles. The van der Waals surface area contributed by atoms with Crippen LogP contribution in [0.5, 0.6) is 0 Å². The van der Waals surface area contributed by atoms with E-state index in [-0.39, 0.29) is 0 Å². The maximum absolute atomic E-state index is 5.97. The zero-order valence-electron chi connectivity index (χ0n) is 12.4. The first-order chi connectivity index (χ1) is 10.7. The minimum atomic E-state index is 0.330. The molecule has 22 heavy (non-hydrogen) atoms. The molecule has 3 aromatic rings. The van der Waals surface area contributed by atoms with Crippen LogP contribution in [-0.4, -0.2) is 7.05 Å². The minimum absolute atomic E-state index is 0.330. The summed E-state index contributed by atoms with van der Waals surface area (Å²) in [4.78, 5) is 0. The quantitative estimate of drug-likeness (QED) is 0.726. The van der Waals surface area contributed by atoms with Gasteiger partial charge in [-0.15, -0.1) is 0 Å². The molecule has 1 unspecified atom stereocenters. The van der Waals surface area contributed by atoms with Crippen LogP contribution >= 0.6 is 0 Å². The van der Waals surface area contributed by atoms with Gasteiger partial charge >= 0.3 is 5.88 Å². The van der Waals surface area contributed by atoms with Crippen molar-refractivity contribution in [2.45, 2.75) is 6.42 Å². The first-order valence-corrected chi connectivity index (χ1v) is 7.38. The molecular formula is C18H18N3O+. The normalized spacial score (nSPS) is 20.5. The van der Waals surface area contributed by atoms with E-state index >= 15 is 0 Å². The first kappa shape index (κ1) is 13.0. The van der Waals surface area contributed by atoms with E-state index in [2.05, 4.69) is 47.2 Å². The van der Waals surface area contributed by atoms with Crippen LogP contribution in [0.3, 0.4) is 0 Å². The second-order valence-electron chi connectivity index (χ2n) is 5.70. The molecule has 0 saturated carbocycles. The molecule has 4 rings (SSSR count). The van der Waals surface area contributed by atoms with Crippen LogP contribution in [-0.2, 0) is 6.42 Å². The molecule has 2 heterocycles. The third-order valence-corrected chi connectivity index (χ3v) is 3.95. The van der Waals surface area contributed by atoms with E-state index < -0.39 is 0 Å². The molecule has 1 aromatic heterocycles. The Bertz CT molecular complexity index is 805. The number of rotatable bonds is 3. The number of benzene rings is 2. The van der Waals surface area contributed by atoms with Gasteiger partial charge in [0.15, 0.2) is 0 Å². The molecule has 0 bridgehead atoms. The van der Waals surface area contributed by atoms with Crippen LogP contribution in [0.1, 0.15) is 5.56 Å². The number of nitrogens with one attached hydrogen (secondary N) is 2. The van der Waals surface area contributed by atoms with Crippen molar-refractivity contribution >= 4 is 16.9 Å². The fourth-order valence-electron chi connectivity index (χ4n) is 2.77. The standard InChI is InChI=1S/C18H18N3O/c1-21(18-12-15-9-5-6-10-17(15)22-18)19-13-16(20-21)11-14-7-3-2-4-8-14/h2-10,12-13,19-20H,11H2,1H3/q+1. The Kier molecular flexibility index (Phi) is 2.91. The summed E-state index contributed by atoms with van der Waals surface area (Å²) in [6, 6.07) is 20.5. The highest BCUT2D eigenvalue weighted by atomic mass is 16.4. The number of furan rings is 1. The van der Waals surface area contributed by atoms with E-state index in [4.69, 9.17) is 4.42 Å². The summed E-state index contributed by atoms with van der Waals surface area (Å²) >= 11 is 0. The van der Waals surface area contributed by atoms with Crippen LogP contribution in [0.4, 0.5) is 5.88 Å². The number of fused-ring (bicyclic) bond motifs is 1. The van der Waals surface area contributed by atoms with Gasteiger partial charge in [-0.1, -0.05) is 53.2 Å². The molecular weight excluding hydrogens is 274 g/mol. The summed E-state index contributed by atoms with van der Waals surface area (Å²) in [6.45, 7) is 0. The lowest BCUT2D eigenvalue weighted by Crippen LogP contribution is -2.58. The second kappa shape index (κ2) is 4.93. The predicted octanol–water partition coefficient (Wildman–Crippen LogP) is 3.48. The van der Waals surface area contributed by atoms with Crippen molar-refractivity contribution in [1.82, 2.24) is 15.6 Å². The van der Waals surface area contributed by atoms with E-state index in [9.17, 15) is 0 Å². The molecule has 1 aliphatic heterocycles. The van der Waals surface area contributed by atoms with E-state index in [1.807, 2.05) is 37.5 Å². The van der Waals surface area contributed by atoms with Crippen LogP contribution in [0.25, 0.3) is 11.0 Å². The molecule has 1 atom stereocenters. The summed E-state index contributed by atoms with van der Waals surface area (Å²) in [7, 11) is 2.03. The van der Waals surface area contributed by atoms with Crippen LogP contribution in [0.15, 0.2) is 77.0 Å². The van der Waals surface area contributed by atoms with Crippen molar-refractivity contribution in [2.24, 2.45) is 0 Å². The average Bonchev–Trinajstić information content (AvgIpc) is 3.13. The molecule has 0 spiro atoms. The number of hydrogen-bond acceptors (Lipinski definition) is 3. The van der Waals surface area contributed by atoms with Gasteiger partial charge in [0.05, 0.1) is 18.0 Å². The van der Waals surface area contributed by atoms with E-state index in [1.165, 1.54) is 5.56 Å². The van der Waals surface area contributed by atoms with Crippen LogP contribution in [0, 0.1) is 0 Å². The van der Waals surface area contributed by atoms with Gasteiger partial charge in [-0.2, -0.15) is 0 Å². The van der Waals surface area contributed by atoms with Crippen molar-refractivity contribution < 1.29 is 4.42 Å². The monoisotopic (exact) mass is 292 g/mol. The highest BCUT2D eigenvalue weighted by Gasteiger charge is 2.34. The number of para-hydroxylation sites is 1. The molecule has 110 valence electrons. The SMILES string of the molecule is C[N+]1(c2cc3ccccc3o2)NC=C(Cc2ccccc2)N1. The summed E-state index contributed by atoms with van der Waals surface area (Å²) in [5, 5.41) is 1.11. The van der Waals surface area contributed by atoms with E-state index in [1.54, 1.807) is 0 Å². The number of allylic oxidation sites excluding steroid dienone is 1. The lowest BCUT2D eigenvalue weighted by molar-refractivity contribution is 0.201. The fraction of sp³-hybridized carbons (Fsp3) is 0.111. The van der Waals surface area contributed by atoms with Crippen molar-refractivity contribution in [3.63, 3.8) is 0 Å². The number of nitrogens with zero attached hydrogens (tertiary/aromatic N) is 1. The Hall–Kier alpha value is -2.72. The van der Waals surface area contributed by atoms with Gasteiger partial charge < -0.3 is 4.42 Å². The molecule has 0 amide bonds. The van der Waals surface area contributed by atoms with Gasteiger partial charge in [0.25, 0.3) is 0 Å². The molecule has 0 aliphatic carbocycles. The van der Waals surface area contributed by atoms with E-state index in [0.717, 1.165) is 29.0 Å². The van der Waals surface area contributed by atoms with Crippen LogP contribution < -0.4 is 15.6 Å². The van der Waals surface area contributed by atoms with Gasteiger partial charge in [0.1, 0.15) is 12.6 Å². The average molecular weight is 292 g/mol. The Labute approximate surface area is 129 Å². The Morgan fingerprint density at radius 3 is 2.59 bits per heavy atom. The molecule has 4 heteroatoms. The summed E-state index contributed by atoms with van der Waals surface area (Å²) < 4.78 is 6.30. The van der Waals surface area contributed by atoms with Crippen LogP contribution in [0.2, 0.25) is 0 Å². The molecule has 0 radical (unpaired) electrons. The van der Waals surface area contributed by atoms with Crippen molar-refractivity contribution in [3.05, 3.63) is 78.1 Å². The lowest BCUT2D eigenvalue weighted by Gasteiger charge is -2.24. The third kappa shape index (κ3) is 2.23. The minimum Gasteiger partial charge on any atom is -0.409 e. The first-order valence-electron chi connectivity index (χ1n) is 7.38. The summed E-state index contributed by atoms with van der Waals surface area (Å²) in [5.41, 5.74) is 10.2. The highest BCUT2D eigenvalue weighted by Crippen LogP contribution is 2.29. The number of hydrogen-bond donors (Lipinski definition) is 2. The molecule has 2 N–H and O–H groups in total. The predicted molar refractivity (Wildman–Crippen MR) is 88.4 cm³/mol. The fourth-order valence-corrected chi connectivity index (χ4v) is 2.77. The molecule has 0 fully saturated rings. The van der Waals surface area contributed by atoms with Gasteiger partial charge in [-0.3, -0.25) is 0 Å². The van der Waals surface area contributed by atoms with Gasteiger partial charge in [0, 0.05) is 11.8 Å². The zero-order chi connectivity index (χ0) is 15.0. The maximum atomic E-state index is 5.97. The van der Waals surface area contributed by atoms with Gasteiger partial charge in [-0.05, 0) is 11.6 Å². The van der Waals surface area contributed by atoms with Gasteiger partial charge in [0.2, 0.25) is 0 Å². The summed E-state index contributed by atoms with van der Waals surface area (Å²) in [6.07, 6.45) is 2.88. The number of quaternary nitrogens is 1. The van der Waals surface area contributed by atoms with Gasteiger partial charge in [-0.25, -0.2) is 10.9 Å². The molecule has 1 aliphatic rings. The topological polar surface area (TPSA) is 37.2 Å². The smallest absolute Gasteiger partial charge is 0.348 e. The zero-order valence-corrected chi connectivity index (χ0v) is 12.4. The molecule has 2 aromatic carbocycles. The largest absolute Gasteiger partial charge is 0.409 e. The van der Waals surface area contributed by atoms with E-state index in [0.29, 0.717) is 4.70 Å². The van der Waals surface area contributed by atoms with Crippen molar-refractivity contribution in [3.8, 4) is 0 Å². The Morgan fingerprint density at radius 1 is 1.00 bits per heavy atom. The Balaban J connectivity index is 1.56. The maximum Gasteiger partial charge on any atom is 0.348 e. The van der Waals surface area contributed by atoms with Crippen molar-refractivity contribution in [2.75, 3.05) is 7.05 Å². The lowest BCUT2D eigenvalue weighted by atomic mass is 10.1. The third-order valence-electron chi connectivity index (χ3n) is 3.95. The Morgan fingerprint density at radius 2 is 1.77 bits per heavy atom. The summed E-state index contributed by atoms with van der Waals surface area (Å²) in [5.74, 6) is 0.834.